The van der Waals surface area contributed by atoms with Crippen LogP contribution in [0.25, 0.3) is 0 Å². The summed E-state index contributed by atoms with van der Waals surface area (Å²) in [6, 6.07) is 1.99. The van der Waals surface area contributed by atoms with Crippen molar-refractivity contribution < 1.29 is 9.84 Å². The maximum atomic E-state index is 9.83. The molecule has 0 amide bonds. The van der Waals surface area contributed by atoms with Crippen molar-refractivity contribution in [1.82, 2.24) is 9.78 Å². The summed E-state index contributed by atoms with van der Waals surface area (Å²) >= 11 is 0. The topological polar surface area (TPSA) is 47.3 Å². The second kappa shape index (κ2) is 4.97. The van der Waals surface area contributed by atoms with Gasteiger partial charge in [-0.05, 0) is 33.8 Å². The molecule has 4 heteroatoms. The highest BCUT2D eigenvalue weighted by molar-refractivity contribution is 5.09. The Bertz CT molecular complexity index is 339. The van der Waals surface area contributed by atoms with E-state index in [-0.39, 0.29) is 5.60 Å². The molecule has 0 aromatic carbocycles. The molecule has 0 saturated carbocycles. The van der Waals surface area contributed by atoms with E-state index in [2.05, 4.69) is 5.10 Å². The van der Waals surface area contributed by atoms with E-state index < -0.39 is 6.10 Å². The molecule has 0 saturated heterocycles. The Morgan fingerprint density at radius 1 is 1.50 bits per heavy atom. The van der Waals surface area contributed by atoms with Gasteiger partial charge in [-0.3, -0.25) is 4.68 Å². The summed E-state index contributed by atoms with van der Waals surface area (Å²) in [7, 11) is 1.89. The largest absolute Gasteiger partial charge is 0.390 e. The zero-order valence-corrected chi connectivity index (χ0v) is 10.8. The number of nitrogens with zero attached hydrogens (tertiary/aromatic N) is 2. The fourth-order valence-electron chi connectivity index (χ4n) is 1.50. The van der Waals surface area contributed by atoms with Crippen molar-refractivity contribution in [3.05, 3.63) is 17.5 Å². The maximum absolute atomic E-state index is 9.83. The first-order chi connectivity index (χ1) is 7.28. The molecule has 1 aromatic rings. The average molecular weight is 226 g/mol. The third-order valence-electron chi connectivity index (χ3n) is 2.25. The summed E-state index contributed by atoms with van der Waals surface area (Å²) in [5, 5.41) is 14.1. The summed E-state index contributed by atoms with van der Waals surface area (Å²) in [4.78, 5) is 0. The number of hydrogen-bond donors (Lipinski definition) is 1. The molecule has 0 aliphatic rings. The normalized spacial score (nSPS) is 14.1. The number of ether oxygens (including phenoxy) is 1. The molecule has 1 rings (SSSR count). The lowest BCUT2D eigenvalue weighted by Crippen LogP contribution is -2.27. The van der Waals surface area contributed by atoms with Gasteiger partial charge in [0.2, 0.25) is 0 Å². The molecule has 92 valence electrons. The van der Waals surface area contributed by atoms with Crippen molar-refractivity contribution in [2.75, 3.05) is 6.61 Å². The number of aromatic nitrogens is 2. The van der Waals surface area contributed by atoms with Crippen molar-refractivity contribution in [1.29, 1.82) is 0 Å². The van der Waals surface area contributed by atoms with Gasteiger partial charge >= 0.3 is 0 Å². The van der Waals surface area contributed by atoms with Crippen LogP contribution in [0, 0.1) is 6.92 Å². The van der Waals surface area contributed by atoms with Crippen LogP contribution in [0.1, 0.15) is 32.2 Å². The van der Waals surface area contributed by atoms with E-state index >= 15 is 0 Å². The molecule has 4 nitrogen and oxygen atoms in total. The van der Waals surface area contributed by atoms with Gasteiger partial charge in [0.1, 0.15) is 0 Å². The van der Waals surface area contributed by atoms with E-state index in [1.807, 2.05) is 40.8 Å². The number of hydrogen-bond acceptors (Lipinski definition) is 3. The van der Waals surface area contributed by atoms with Gasteiger partial charge in [-0.15, -0.1) is 0 Å². The van der Waals surface area contributed by atoms with Crippen LogP contribution in [0.3, 0.4) is 0 Å². The summed E-state index contributed by atoms with van der Waals surface area (Å²) in [6.45, 7) is 8.24. The molecule has 1 aromatic heterocycles. The van der Waals surface area contributed by atoms with Gasteiger partial charge in [0.15, 0.2) is 0 Å². The first-order valence-corrected chi connectivity index (χ1v) is 5.59. The van der Waals surface area contributed by atoms with E-state index in [1.54, 1.807) is 4.68 Å². The van der Waals surface area contributed by atoms with E-state index in [9.17, 15) is 5.11 Å². The summed E-state index contributed by atoms with van der Waals surface area (Å²) in [5.41, 5.74) is 1.80. The van der Waals surface area contributed by atoms with Gasteiger partial charge in [0.25, 0.3) is 0 Å². The molecular formula is C12H22N2O2. The summed E-state index contributed by atoms with van der Waals surface area (Å²) < 4.78 is 7.33. The lowest BCUT2D eigenvalue weighted by Gasteiger charge is -2.21. The third kappa shape index (κ3) is 4.33. The van der Waals surface area contributed by atoms with Gasteiger partial charge in [-0.25, -0.2) is 0 Å². The minimum absolute atomic E-state index is 0.205. The van der Waals surface area contributed by atoms with Gasteiger partial charge < -0.3 is 9.84 Å². The number of aliphatic hydroxyl groups is 1. The number of rotatable bonds is 4. The monoisotopic (exact) mass is 226 g/mol. The Balaban J connectivity index is 2.45. The van der Waals surface area contributed by atoms with E-state index in [0.29, 0.717) is 13.0 Å². The lowest BCUT2D eigenvalue weighted by molar-refractivity contribution is -0.0486. The Kier molecular flexibility index (Phi) is 4.10. The highest BCUT2D eigenvalue weighted by Gasteiger charge is 2.15. The van der Waals surface area contributed by atoms with Crippen LogP contribution in [0.5, 0.6) is 0 Å². The molecule has 0 fully saturated rings. The summed E-state index contributed by atoms with van der Waals surface area (Å²) in [6.07, 6.45) is 0.0991. The van der Waals surface area contributed by atoms with Gasteiger partial charge in [0, 0.05) is 19.2 Å². The lowest BCUT2D eigenvalue weighted by atomic mass is 10.1. The van der Waals surface area contributed by atoms with Crippen molar-refractivity contribution in [2.45, 2.75) is 45.8 Å². The molecule has 0 bridgehead atoms. The minimum atomic E-state index is -0.478. The predicted molar refractivity (Wildman–Crippen MR) is 63.4 cm³/mol. The van der Waals surface area contributed by atoms with Crippen molar-refractivity contribution in [3.63, 3.8) is 0 Å². The van der Waals surface area contributed by atoms with E-state index in [4.69, 9.17) is 4.74 Å². The molecule has 1 unspecified atom stereocenters. The second-order valence-corrected chi connectivity index (χ2v) is 5.18. The first kappa shape index (κ1) is 13.2. The van der Waals surface area contributed by atoms with Gasteiger partial charge in [0.05, 0.1) is 24.0 Å². The Morgan fingerprint density at radius 2 is 2.12 bits per heavy atom. The Hall–Kier alpha value is -0.870. The van der Waals surface area contributed by atoms with Crippen LogP contribution in [0.2, 0.25) is 0 Å². The second-order valence-electron chi connectivity index (χ2n) is 5.18. The van der Waals surface area contributed by atoms with Crippen LogP contribution >= 0.6 is 0 Å². The summed E-state index contributed by atoms with van der Waals surface area (Å²) in [5.74, 6) is 0. The van der Waals surface area contributed by atoms with E-state index in [1.165, 1.54) is 0 Å². The molecule has 1 heterocycles. The Labute approximate surface area is 97.2 Å². The minimum Gasteiger partial charge on any atom is -0.390 e. The predicted octanol–water partition coefficient (Wildman–Crippen LogP) is 1.45. The fraction of sp³-hybridized carbons (Fsp3) is 0.750. The standard InChI is InChI=1S/C12H22N2O2/c1-9-6-10(14(5)13-9)7-11(15)8-16-12(2,3)4/h6,11,15H,7-8H2,1-5H3. The van der Waals surface area contributed by atoms with Crippen LogP contribution in [0.4, 0.5) is 0 Å². The van der Waals surface area contributed by atoms with Crippen LogP contribution < -0.4 is 0 Å². The third-order valence-corrected chi connectivity index (χ3v) is 2.25. The van der Waals surface area contributed by atoms with Crippen molar-refractivity contribution in [3.8, 4) is 0 Å². The van der Waals surface area contributed by atoms with Crippen molar-refractivity contribution >= 4 is 0 Å². The SMILES string of the molecule is Cc1cc(CC(O)COC(C)(C)C)n(C)n1. The van der Waals surface area contributed by atoms with Crippen LogP contribution in [-0.4, -0.2) is 33.2 Å². The fourth-order valence-corrected chi connectivity index (χ4v) is 1.50. The van der Waals surface area contributed by atoms with Crippen LogP contribution in [0.15, 0.2) is 6.07 Å². The maximum Gasteiger partial charge on any atom is 0.0829 e. The zero-order valence-electron chi connectivity index (χ0n) is 10.8. The molecule has 16 heavy (non-hydrogen) atoms. The van der Waals surface area contributed by atoms with Crippen molar-refractivity contribution in [2.24, 2.45) is 7.05 Å². The highest BCUT2D eigenvalue weighted by Crippen LogP contribution is 2.10. The first-order valence-electron chi connectivity index (χ1n) is 5.59. The Morgan fingerprint density at radius 3 is 2.56 bits per heavy atom. The smallest absolute Gasteiger partial charge is 0.0829 e. The highest BCUT2D eigenvalue weighted by atomic mass is 16.5. The molecule has 0 spiro atoms. The quantitative estimate of drug-likeness (QED) is 0.845. The molecule has 1 atom stereocenters. The average Bonchev–Trinajstić information content (AvgIpc) is 2.41. The molecule has 0 radical (unpaired) electrons. The van der Waals surface area contributed by atoms with E-state index in [0.717, 1.165) is 11.4 Å². The van der Waals surface area contributed by atoms with Gasteiger partial charge in [-0.1, -0.05) is 0 Å². The van der Waals surface area contributed by atoms with Gasteiger partial charge in [-0.2, -0.15) is 5.10 Å². The molecule has 0 aliphatic heterocycles. The number of aliphatic hydroxyl groups excluding tert-OH is 1. The molecule has 1 N–H and O–H groups in total. The number of aryl methyl sites for hydroxylation is 2. The van der Waals surface area contributed by atoms with Crippen LogP contribution in [-0.2, 0) is 18.2 Å². The molecule has 0 aliphatic carbocycles. The molecular weight excluding hydrogens is 204 g/mol. The zero-order chi connectivity index (χ0) is 12.3.